The van der Waals surface area contributed by atoms with Crippen LogP contribution in [-0.2, 0) is 11.3 Å². The van der Waals surface area contributed by atoms with Crippen LogP contribution >= 0.6 is 0 Å². The fraction of sp³-hybridized carbons (Fsp3) is 0.261. The lowest BCUT2D eigenvalue weighted by Crippen LogP contribution is -2.40. The molecular weight excluding hydrogens is 383 g/mol. The third-order valence-electron chi connectivity index (χ3n) is 5.72. The molecule has 0 unspecified atom stereocenters. The standard InChI is InChI=1S/C23H21FN4O2/c24-18-7-3-1-5-16(18)13-25-23(29)15-9-11-28(12-10-15)22-21-20(26-14-27-22)17-6-2-4-8-19(17)30-21/h1-8,14-15H,9-13H2,(H,25,29). The number of para-hydroxylation sites is 1. The van der Waals surface area contributed by atoms with Gasteiger partial charge in [-0.2, -0.15) is 0 Å². The van der Waals surface area contributed by atoms with Gasteiger partial charge in [0.05, 0.1) is 0 Å². The molecule has 1 amide bonds. The Balaban J connectivity index is 1.27. The maximum atomic E-state index is 13.7. The first-order valence-electron chi connectivity index (χ1n) is 10.1. The van der Waals surface area contributed by atoms with Gasteiger partial charge in [-0.1, -0.05) is 30.3 Å². The summed E-state index contributed by atoms with van der Waals surface area (Å²) < 4.78 is 19.8. The zero-order valence-electron chi connectivity index (χ0n) is 16.3. The first kappa shape index (κ1) is 18.5. The Morgan fingerprint density at radius 3 is 2.70 bits per heavy atom. The third kappa shape index (κ3) is 3.36. The van der Waals surface area contributed by atoms with Crippen molar-refractivity contribution in [3.63, 3.8) is 0 Å². The number of piperidine rings is 1. The van der Waals surface area contributed by atoms with Gasteiger partial charge in [-0.15, -0.1) is 0 Å². The minimum Gasteiger partial charge on any atom is -0.450 e. The van der Waals surface area contributed by atoms with Gasteiger partial charge < -0.3 is 14.6 Å². The number of furan rings is 1. The molecule has 1 saturated heterocycles. The molecule has 2 aromatic carbocycles. The van der Waals surface area contributed by atoms with Crippen LogP contribution in [0.5, 0.6) is 0 Å². The summed E-state index contributed by atoms with van der Waals surface area (Å²) in [6.45, 7) is 1.60. The van der Waals surface area contributed by atoms with E-state index in [-0.39, 0.29) is 24.2 Å². The van der Waals surface area contributed by atoms with E-state index >= 15 is 0 Å². The molecule has 4 aromatic rings. The minimum atomic E-state index is -0.300. The molecule has 0 saturated carbocycles. The molecule has 1 N–H and O–H groups in total. The van der Waals surface area contributed by atoms with Crippen LogP contribution in [-0.4, -0.2) is 29.0 Å². The number of amides is 1. The van der Waals surface area contributed by atoms with Crippen molar-refractivity contribution in [3.05, 3.63) is 66.2 Å². The summed E-state index contributed by atoms with van der Waals surface area (Å²) in [7, 11) is 0. The van der Waals surface area contributed by atoms with Crippen LogP contribution in [0.2, 0.25) is 0 Å². The first-order chi connectivity index (χ1) is 14.7. The van der Waals surface area contributed by atoms with E-state index in [0.29, 0.717) is 37.1 Å². The topological polar surface area (TPSA) is 71.3 Å². The summed E-state index contributed by atoms with van der Waals surface area (Å²) in [6, 6.07) is 14.3. The molecule has 7 heteroatoms. The minimum absolute atomic E-state index is 0.0329. The van der Waals surface area contributed by atoms with Crippen molar-refractivity contribution >= 4 is 33.8 Å². The maximum absolute atomic E-state index is 13.7. The Morgan fingerprint density at radius 2 is 1.87 bits per heavy atom. The lowest BCUT2D eigenvalue weighted by Gasteiger charge is -2.31. The molecule has 0 radical (unpaired) electrons. The fourth-order valence-corrected chi connectivity index (χ4v) is 4.06. The molecular formula is C23H21FN4O2. The number of nitrogens with zero attached hydrogens (tertiary/aromatic N) is 3. The van der Waals surface area contributed by atoms with E-state index < -0.39 is 0 Å². The van der Waals surface area contributed by atoms with Gasteiger partial charge in [0.1, 0.15) is 23.2 Å². The van der Waals surface area contributed by atoms with Crippen molar-refractivity contribution in [2.75, 3.05) is 18.0 Å². The third-order valence-corrected chi connectivity index (χ3v) is 5.72. The molecule has 2 aromatic heterocycles. The average molecular weight is 404 g/mol. The van der Waals surface area contributed by atoms with Crippen LogP contribution in [0, 0.1) is 11.7 Å². The number of halogens is 1. The van der Waals surface area contributed by atoms with Gasteiger partial charge in [-0.25, -0.2) is 14.4 Å². The van der Waals surface area contributed by atoms with E-state index in [9.17, 15) is 9.18 Å². The highest BCUT2D eigenvalue weighted by Crippen LogP contribution is 2.33. The Kier molecular flexibility index (Phi) is 4.78. The van der Waals surface area contributed by atoms with Crippen molar-refractivity contribution in [3.8, 4) is 0 Å². The van der Waals surface area contributed by atoms with Crippen molar-refractivity contribution < 1.29 is 13.6 Å². The molecule has 1 aliphatic rings. The molecule has 5 rings (SSSR count). The van der Waals surface area contributed by atoms with Gasteiger partial charge in [0.2, 0.25) is 5.91 Å². The molecule has 3 heterocycles. The van der Waals surface area contributed by atoms with Crippen molar-refractivity contribution in [1.29, 1.82) is 0 Å². The van der Waals surface area contributed by atoms with E-state index in [1.165, 1.54) is 6.07 Å². The van der Waals surface area contributed by atoms with E-state index in [2.05, 4.69) is 20.2 Å². The number of anilines is 1. The number of rotatable bonds is 4. The number of fused-ring (bicyclic) bond motifs is 3. The fourth-order valence-electron chi connectivity index (χ4n) is 4.06. The number of hydrogen-bond donors (Lipinski definition) is 1. The van der Waals surface area contributed by atoms with Gasteiger partial charge in [0.25, 0.3) is 0 Å². The highest BCUT2D eigenvalue weighted by molar-refractivity contribution is 6.05. The Labute approximate surface area is 172 Å². The van der Waals surface area contributed by atoms with Crippen LogP contribution < -0.4 is 10.2 Å². The number of carbonyl (C=O) groups is 1. The van der Waals surface area contributed by atoms with E-state index in [1.807, 2.05) is 24.3 Å². The Hall–Kier alpha value is -3.48. The Morgan fingerprint density at radius 1 is 1.10 bits per heavy atom. The average Bonchev–Trinajstić information content (AvgIpc) is 3.17. The molecule has 0 atom stereocenters. The zero-order chi connectivity index (χ0) is 20.5. The Bertz CT molecular complexity index is 1210. The van der Waals surface area contributed by atoms with Crippen molar-refractivity contribution in [2.24, 2.45) is 5.92 Å². The highest BCUT2D eigenvalue weighted by Gasteiger charge is 2.27. The predicted octanol–water partition coefficient (Wildman–Crippen LogP) is 4.05. The molecule has 0 bridgehead atoms. The summed E-state index contributed by atoms with van der Waals surface area (Å²) in [5, 5.41) is 3.84. The SMILES string of the molecule is O=C(NCc1ccccc1F)C1CCN(c2ncnc3c2oc2ccccc23)CC1. The van der Waals surface area contributed by atoms with Crippen LogP contribution in [0.25, 0.3) is 22.1 Å². The van der Waals surface area contributed by atoms with Gasteiger partial charge in [0, 0.05) is 36.5 Å². The normalized spacial score (nSPS) is 15.0. The summed E-state index contributed by atoms with van der Waals surface area (Å²) in [6.07, 6.45) is 2.97. The number of benzene rings is 2. The van der Waals surface area contributed by atoms with Crippen molar-refractivity contribution in [2.45, 2.75) is 19.4 Å². The maximum Gasteiger partial charge on any atom is 0.223 e. The molecule has 0 spiro atoms. The highest BCUT2D eigenvalue weighted by atomic mass is 19.1. The molecule has 6 nitrogen and oxygen atoms in total. The lowest BCUT2D eigenvalue weighted by molar-refractivity contribution is -0.125. The zero-order valence-corrected chi connectivity index (χ0v) is 16.3. The molecule has 1 aliphatic heterocycles. The van der Waals surface area contributed by atoms with Gasteiger partial charge in [0.15, 0.2) is 11.4 Å². The molecule has 152 valence electrons. The summed E-state index contributed by atoms with van der Waals surface area (Å²) >= 11 is 0. The van der Waals surface area contributed by atoms with E-state index in [0.717, 1.165) is 22.3 Å². The quantitative estimate of drug-likeness (QED) is 0.556. The predicted molar refractivity (Wildman–Crippen MR) is 112 cm³/mol. The molecule has 1 fully saturated rings. The summed E-state index contributed by atoms with van der Waals surface area (Å²) in [5.41, 5.74) is 2.77. The van der Waals surface area contributed by atoms with Gasteiger partial charge in [-0.05, 0) is 31.0 Å². The largest absolute Gasteiger partial charge is 0.450 e. The summed E-state index contributed by atoms with van der Waals surface area (Å²) in [5.74, 6) is 0.336. The summed E-state index contributed by atoms with van der Waals surface area (Å²) in [4.78, 5) is 23.6. The van der Waals surface area contributed by atoms with Crippen LogP contribution in [0.4, 0.5) is 10.2 Å². The number of nitrogens with one attached hydrogen (secondary N) is 1. The lowest BCUT2D eigenvalue weighted by atomic mass is 9.95. The smallest absolute Gasteiger partial charge is 0.223 e. The van der Waals surface area contributed by atoms with Crippen LogP contribution in [0.1, 0.15) is 18.4 Å². The second kappa shape index (κ2) is 7.74. The number of aromatic nitrogens is 2. The van der Waals surface area contributed by atoms with Gasteiger partial charge in [-0.3, -0.25) is 4.79 Å². The van der Waals surface area contributed by atoms with Crippen LogP contribution in [0.3, 0.4) is 0 Å². The monoisotopic (exact) mass is 404 g/mol. The second-order valence-corrected chi connectivity index (χ2v) is 7.54. The number of carbonyl (C=O) groups excluding carboxylic acids is 1. The molecule has 30 heavy (non-hydrogen) atoms. The van der Waals surface area contributed by atoms with Crippen LogP contribution in [0.15, 0.2) is 59.3 Å². The van der Waals surface area contributed by atoms with Crippen molar-refractivity contribution in [1.82, 2.24) is 15.3 Å². The second-order valence-electron chi connectivity index (χ2n) is 7.54. The molecule has 0 aliphatic carbocycles. The van der Waals surface area contributed by atoms with E-state index in [4.69, 9.17) is 4.42 Å². The first-order valence-corrected chi connectivity index (χ1v) is 10.1. The van der Waals surface area contributed by atoms with E-state index in [1.54, 1.807) is 24.5 Å². The number of hydrogen-bond acceptors (Lipinski definition) is 5. The van der Waals surface area contributed by atoms with Gasteiger partial charge >= 0.3 is 0 Å².